The molecule has 0 aromatic carbocycles. The molecule has 1 saturated carbocycles. The standard InChI is InChI=1S/C22H41N5O/c1-23-22(24-13-6-2-7-14-26-15-8-3-9-16-26)25-20-12-17-27(18-20)21(28)19-10-4-5-11-19/h19-20H,2-18H2,1H3,(H2,23,24,25). The topological polar surface area (TPSA) is 60.0 Å². The van der Waals surface area contributed by atoms with Gasteiger partial charge in [-0.3, -0.25) is 9.79 Å². The monoisotopic (exact) mass is 391 g/mol. The van der Waals surface area contributed by atoms with Gasteiger partial charge in [-0.05, 0) is 64.6 Å². The van der Waals surface area contributed by atoms with Gasteiger partial charge in [-0.25, -0.2) is 0 Å². The number of aliphatic imine (C=N–C) groups is 1. The van der Waals surface area contributed by atoms with Crippen LogP contribution < -0.4 is 10.6 Å². The van der Waals surface area contributed by atoms with Crippen LogP contribution in [0.15, 0.2) is 4.99 Å². The lowest BCUT2D eigenvalue weighted by Crippen LogP contribution is -2.45. The molecule has 2 aliphatic heterocycles. The minimum atomic E-state index is 0.293. The van der Waals surface area contributed by atoms with Crippen LogP contribution in [0.1, 0.15) is 70.6 Å². The summed E-state index contributed by atoms with van der Waals surface area (Å²) in [6, 6.07) is 0.329. The van der Waals surface area contributed by atoms with E-state index in [1.807, 2.05) is 7.05 Å². The molecule has 0 spiro atoms. The molecule has 160 valence electrons. The molecule has 1 amide bonds. The third-order valence-corrected chi connectivity index (χ3v) is 6.66. The van der Waals surface area contributed by atoms with E-state index in [4.69, 9.17) is 0 Å². The minimum Gasteiger partial charge on any atom is -0.356 e. The average molecular weight is 392 g/mol. The fourth-order valence-electron chi connectivity index (χ4n) is 4.92. The summed E-state index contributed by atoms with van der Waals surface area (Å²) in [6.07, 6.45) is 13.6. The molecule has 2 N–H and O–H groups in total. The van der Waals surface area contributed by atoms with Crippen molar-refractivity contribution in [3.8, 4) is 0 Å². The molecule has 2 heterocycles. The lowest BCUT2D eigenvalue weighted by Gasteiger charge is -2.26. The Morgan fingerprint density at radius 2 is 1.75 bits per heavy atom. The first kappa shape index (κ1) is 21.4. The molecule has 2 saturated heterocycles. The number of rotatable bonds is 8. The van der Waals surface area contributed by atoms with Crippen molar-refractivity contribution in [2.24, 2.45) is 10.9 Å². The van der Waals surface area contributed by atoms with Crippen LogP contribution in [0.25, 0.3) is 0 Å². The number of piperidine rings is 1. The zero-order chi connectivity index (χ0) is 19.6. The van der Waals surface area contributed by atoms with Crippen molar-refractivity contribution in [1.82, 2.24) is 20.4 Å². The predicted octanol–water partition coefficient (Wildman–Crippen LogP) is 2.60. The van der Waals surface area contributed by atoms with Gasteiger partial charge < -0.3 is 20.4 Å². The Bertz CT molecular complexity index is 497. The lowest BCUT2D eigenvalue weighted by atomic mass is 10.1. The first-order chi connectivity index (χ1) is 13.8. The van der Waals surface area contributed by atoms with Crippen molar-refractivity contribution in [3.05, 3.63) is 0 Å². The number of nitrogens with zero attached hydrogens (tertiary/aromatic N) is 3. The molecule has 1 unspecified atom stereocenters. The second-order valence-electron chi connectivity index (χ2n) is 8.86. The molecule has 3 rings (SSSR count). The summed E-state index contributed by atoms with van der Waals surface area (Å²) in [7, 11) is 1.84. The maximum Gasteiger partial charge on any atom is 0.225 e. The zero-order valence-corrected chi connectivity index (χ0v) is 17.9. The van der Waals surface area contributed by atoms with Gasteiger partial charge in [0.1, 0.15) is 0 Å². The van der Waals surface area contributed by atoms with Gasteiger partial charge in [0.05, 0.1) is 0 Å². The van der Waals surface area contributed by atoms with Gasteiger partial charge in [0.15, 0.2) is 5.96 Å². The number of unbranched alkanes of at least 4 members (excludes halogenated alkanes) is 2. The Labute approximate surface area is 171 Å². The molecule has 1 atom stereocenters. The molecule has 0 aromatic heterocycles. The lowest BCUT2D eigenvalue weighted by molar-refractivity contribution is -0.134. The SMILES string of the molecule is CN=C(NCCCCCN1CCCCC1)NC1CCN(C(=O)C2CCCC2)C1. The highest BCUT2D eigenvalue weighted by Gasteiger charge is 2.32. The fourth-order valence-corrected chi connectivity index (χ4v) is 4.92. The van der Waals surface area contributed by atoms with Crippen LogP contribution in [0.4, 0.5) is 0 Å². The molecule has 6 heteroatoms. The number of hydrogen-bond acceptors (Lipinski definition) is 3. The molecule has 28 heavy (non-hydrogen) atoms. The number of hydrogen-bond donors (Lipinski definition) is 2. The van der Waals surface area contributed by atoms with Crippen LogP contribution in [-0.2, 0) is 4.79 Å². The van der Waals surface area contributed by atoms with Crippen LogP contribution in [0.5, 0.6) is 0 Å². The largest absolute Gasteiger partial charge is 0.356 e. The van der Waals surface area contributed by atoms with Crippen molar-refractivity contribution in [1.29, 1.82) is 0 Å². The van der Waals surface area contributed by atoms with Crippen LogP contribution in [0.3, 0.4) is 0 Å². The van der Waals surface area contributed by atoms with E-state index in [9.17, 15) is 4.79 Å². The molecule has 1 aliphatic carbocycles. The van der Waals surface area contributed by atoms with E-state index in [0.29, 0.717) is 17.9 Å². The van der Waals surface area contributed by atoms with Crippen LogP contribution in [0, 0.1) is 5.92 Å². The maximum absolute atomic E-state index is 12.6. The van der Waals surface area contributed by atoms with Crippen LogP contribution in [-0.4, -0.2) is 74.0 Å². The average Bonchev–Trinajstić information content (AvgIpc) is 3.42. The Morgan fingerprint density at radius 3 is 2.50 bits per heavy atom. The highest BCUT2D eigenvalue weighted by molar-refractivity contribution is 5.81. The van der Waals surface area contributed by atoms with E-state index in [0.717, 1.165) is 44.9 Å². The van der Waals surface area contributed by atoms with Crippen molar-refractivity contribution in [2.75, 3.05) is 46.3 Å². The Balaban J connectivity index is 1.25. The summed E-state index contributed by atoms with van der Waals surface area (Å²) in [4.78, 5) is 21.6. The van der Waals surface area contributed by atoms with Crippen molar-refractivity contribution < 1.29 is 4.79 Å². The van der Waals surface area contributed by atoms with Gasteiger partial charge in [-0.1, -0.05) is 25.7 Å². The van der Waals surface area contributed by atoms with Gasteiger partial charge in [-0.2, -0.15) is 0 Å². The first-order valence-corrected chi connectivity index (χ1v) is 11.7. The van der Waals surface area contributed by atoms with Gasteiger partial charge in [-0.15, -0.1) is 0 Å². The molecular formula is C22H41N5O. The van der Waals surface area contributed by atoms with Crippen molar-refractivity contribution in [3.63, 3.8) is 0 Å². The highest BCUT2D eigenvalue weighted by atomic mass is 16.2. The van der Waals surface area contributed by atoms with Gasteiger partial charge in [0.2, 0.25) is 5.91 Å². The highest BCUT2D eigenvalue weighted by Crippen LogP contribution is 2.27. The molecule has 0 radical (unpaired) electrons. The van der Waals surface area contributed by atoms with E-state index in [-0.39, 0.29) is 0 Å². The van der Waals surface area contributed by atoms with Crippen molar-refractivity contribution in [2.45, 2.75) is 76.7 Å². The summed E-state index contributed by atoms with van der Waals surface area (Å²) in [6.45, 7) is 6.55. The normalized spacial score (nSPS) is 24.7. The van der Waals surface area contributed by atoms with Crippen molar-refractivity contribution >= 4 is 11.9 Å². The summed E-state index contributed by atoms with van der Waals surface area (Å²) in [5.74, 6) is 1.57. The van der Waals surface area contributed by atoms with E-state index in [2.05, 4.69) is 25.4 Å². The maximum atomic E-state index is 12.6. The summed E-state index contributed by atoms with van der Waals surface area (Å²) in [5, 5.41) is 6.98. The number of amides is 1. The van der Waals surface area contributed by atoms with Gasteiger partial charge in [0.25, 0.3) is 0 Å². The molecule has 0 bridgehead atoms. The summed E-state index contributed by atoms with van der Waals surface area (Å²) >= 11 is 0. The fraction of sp³-hybridized carbons (Fsp3) is 0.909. The third-order valence-electron chi connectivity index (χ3n) is 6.66. The molecule has 0 aromatic rings. The van der Waals surface area contributed by atoms with Crippen LogP contribution in [0.2, 0.25) is 0 Å². The minimum absolute atomic E-state index is 0.293. The smallest absolute Gasteiger partial charge is 0.225 e. The Hall–Kier alpha value is -1.30. The van der Waals surface area contributed by atoms with Gasteiger partial charge in [0, 0.05) is 38.6 Å². The second-order valence-corrected chi connectivity index (χ2v) is 8.86. The number of nitrogens with one attached hydrogen (secondary N) is 2. The van der Waals surface area contributed by atoms with Gasteiger partial charge >= 0.3 is 0 Å². The van der Waals surface area contributed by atoms with E-state index in [1.54, 1.807) is 0 Å². The molecule has 6 nitrogen and oxygen atoms in total. The Kier molecular flexibility index (Phi) is 8.90. The zero-order valence-electron chi connectivity index (χ0n) is 17.9. The number of carbonyl (C=O) groups is 1. The summed E-state index contributed by atoms with van der Waals surface area (Å²) < 4.78 is 0. The van der Waals surface area contributed by atoms with E-state index >= 15 is 0 Å². The quantitative estimate of drug-likeness (QED) is 0.379. The molecule has 3 aliphatic rings. The number of likely N-dealkylation sites (tertiary alicyclic amines) is 2. The summed E-state index contributed by atoms with van der Waals surface area (Å²) in [5.41, 5.74) is 0. The third kappa shape index (κ3) is 6.64. The number of carbonyl (C=O) groups excluding carboxylic acids is 1. The first-order valence-electron chi connectivity index (χ1n) is 11.7. The van der Waals surface area contributed by atoms with Crippen LogP contribution >= 0.6 is 0 Å². The predicted molar refractivity (Wildman–Crippen MR) is 116 cm³/mol. The van der Waals surface area contributed by atoms with E-state index in [1.165, 1.54) is 71.0 Å². The second kappa shape index (κ2) is 11.6. The molecular weight excluding hydrogens is 350 g/mol. The number of guanidine groups is 1. The Morgan fingerprint density at radius 1 is 0.964 bits per heavy atom. The van der Waals surface area contributed by atoms with E-state index < -0.39 is 0 Å². The molecule has 3 fully saturated rings.